The molecule has 0 fully saturated rings. The van der Waals surface area contributed by atoms with Crippen LogP contribution in [0.3, 0.4) is 0 Å². The summed E-state index contributed by atoms with van der Waals surface area (Å²) < 4.78 is 0. The van der Waals surface area contributed by atoms with Crippen LogP contribution in [0.15, 0.2) is 65.7 Å². The number of nitrogens with zero attached hydrogens (tertiary/aromatic N) is 1. The maximum atomic E-state index is 12.8. The summed E-state index contributed by atoms with van der Waals surface area (Å²) >= 11 is 0. The molecular weight excluding hydrogens is 284 g/mol. The molecule has 3 aromatic rings. The van der Waals surface area contributed by atoms with Crippen molar-refractivity contribution in [3.63, 3.8) is 0 Å². The number of rotatable bonds is 2. The first kappa shape index (κ1) is 15.2. The summed E-state index contributed by atoms with van der Waals surface area (Å²) in [6.45, 7) is 6.28. The molecule has 1 aromatic carbocycles. The van der Waals surface area contributed by atoms with Crippen LogP contribution in [0, 0.1) is 0 Å². The Balaban J connectivity index is 2.33. The van der Waals surface area contributed by atoms with Crippen molar-refractivity contribution >= 4 is 0 Å². The number of hydrogen-bond donors (Lipinski definition) is 1. The van der Waals surface area contributed by atoms with E-state index in [1.54, 1.807) is 12.4 Å². The molecule has 0 saturated carbocycles. The number of H-pyrrole nitrogens is 1. The molecule has 0 bridgehead atoms. The van der Waals surface area contributed by atoms with Gasteiger partial charge in [0.05, 0.1) is 5.56 Å². The Kier molecular flexibility index (Phi) is 3.87. The van der Waals surface area contributed by atoms with E-state index in [1.165, 1.54) is 0 Å². The Bertz CT molecular complexity index is 860. The van der Waals surface area contributed by atoms with E-state index in [2.05, 4.69) is 36.8 Å². The van der Waals surface area contributed by atoms with E-state index < -0.39 is 0 Å². The predicted octanol–water partition coefficient (Wildman–Crippen LogP) is 4.40. The summed E-state index contributed by atoms with van der Waals surface area (Å²) in [7, 11) is 0. The molecule has 0 saturated heterocycles. The molecule has 0 spiro atoms. The first-order chi connectivity index (χ1) is 11.0. The van der Waals surface area contributed by atoms with E-state index >= 15 is 0 Å². The van der Waals surface area contributed by atoms with Crippen LogP contribution in [0.5, 0.6) is 0 Å². The third kappa shape index (κ3) is 3.09. The van der Waals surface area contributed by atoms with Crippen LogP contribution >= 0.6 is 0 Å². The first-order valence-electron chi connectivity index (χ1n) is 7.70. The molecule has 3 rings (SSSR count). The highest BCUT2D eigenvalue weighted by Crippen LogP contribution is 2.32. The zero-order valence-electron chi connectivity index (χ0n) is 13.6. The molecule has 0 aliphatic rings. The highest BCUT2D eigenvalue weighted by Gasteiger charge is 2.20. The second kappa shape index (κ2) is 5.84. The standard InChI is InChI=1S/C20H20N2O/c1-20(2,3)17-13-16(14-9-11-21-12-10-14)18(19(23)22-17)15-7-5-4-6-8-15/h4-13H,1-3H3,(H,22,23). The van der Waals surface area contributed by atoms with Gasteiger partial charge in [-0.3, -0.25) is 9.78 Å². The third-order valence-electron chi connectivity index (χ3n) is 3.90. The molecule has 0 amide bonds. The molecule has 3 heteroatoms. The van der Waals surface area contributed by atoms with Crippen molar-refractivity contribution in [1.82, 2.24) is 9.97 Å². The SMILES string of the molecule is CC(C)(C)c1cc(-c2ccncc2)c(-c2ccccc2)c(=O)[nH]1. The molecule has 2 aromatic heterocycles. The van der Waals surface area contributed by atoms with Gasteiger partial charge in [0.25, 0.3) is 5.56 Å². The molecular formula is C20H20N2O. The molecule has 23 heavy (non-hydrogen) atoms. The van der Waals surface area contributed by atoms with Crippen LogP contribution in [-0.4, -0.2) is 9.97 Å². The molecule has 3 nitrogen and oxygen atoms in total. The quantitative estimate of drug-likeness (QED) is 0.762. The summed E-state index contributed by atoms with van der Waals surface area (Å²) in [5.74, 6) is 0. The normalized spacial score (nSPS) is 11.4. The lowest BCUT2D eigenvalue weighted by molar-refractivity contribution is 0.567. The van der Waals surface area contributed by atoms with Crippen molar-refractivity contribution < 1.29 is 0 Å². The van der Waals surface area contributed by atoms with E-state index in [9.17, 15) is 4.79 Å². The molecule has 1 N–H and O–H groups in total. The van der Waals surface area contributed by atoms with Crippen LogP contribution in [-0.2, 0) is 5.41 Å². The maximum Gasteiger partial charge on any atom is 0.256 e. The second-order valence-electron chi connectivity index (χ2n) is 6.65. The molecule has 0 aliphatic carbocycles. The highest BCUT2D eigenvalue weighted by atomic mass is 16.1. The van der Waals surface area contributed by atoms with Crippen molar-refractivity contribution in [3.8, 4) is 22.3 Å². The fraction of sp³-hybridized carbons (Fsp3) is 0.200. The Morgan fingerprint density at radius 2 is 1.57 bits per heavy atom. The summed E-state index contributed by atoms with van der Waals surface area (Å²) in [5, 5.41) is 0. The summed E-state index contributed by atoms with van der Waals surface area (Å²) in [4.78, 5) is 19.9. The van der Waals surface area contributed by atoms with Crippen LogP contribution in [0.1, 0.15) is 26.5 Å². The van der Waals surface area contributed by atoms with Gasteiger partial charge < -0.3 is 4.98 Å². The topological polar surface area (TPSA) is 45.8 Å². The van der Waals surface area contributed by atoms with E-state index in [0.29, 0.717) is 5.56 Å². The predicted molar refractivity (Wildman–Crippen MR) is 94.4 cm³/mol. The van der Waals surface area contributed by atoms with Gasteiger partial charge in [-0.05, 0) is 34.9 Å². The Morgan fingerprint density at radius 1 is 0.913 bits per heavy atom. The highest BCUT2D eigenvalue weighted by molar-refractivity contribution is 5.82. The number of aromatic amines is 1. The zero-order valence-corrected chi connectivity index (χ0v) is 13.6. The third-order valence-corrected chi connectivity index (χ3v) is 3.90. The number of nitrogens with one attached hydrogen (secondary N) is 1. The molecule has 0 aliphatic heterocycles. The lowest BCUT2D eigenvalue weighted by Crippen LogP contribution is -2.21. The van der Waals surface area contributed by atoms with Crippen LogP contribution in [0.4, 0.5) is 0 Å². The van der Waals surface area contributed by atoms with Gasteiger partial charge in [-0.15, -0.1) is 0 Å². The minimum atomic E-state index is -0.129. The number of hydrogen-bond acceptors (Lipinski definition) is 2. The number of pyridine rings is 2. The van der Waals surface area contributed by atoms with Crippen molar-refractivity contribution in [2.75, 3.05) is 0 Å². The molecule has 0 atom stereocenters. The minimum Gasteiger partial charge on any atom is -0.325 e. The summed E-state index contributed by atoms with van der Waals surface area (Å²) in [6, 6.07) is 15.7. The number of aromatic nitrogens is 2. The minimum absolute atomic E-state index is 0.0598. The fourth-order valence-electron chi connectivity index (χ4n) is 2.61. The van der Waals surface area contributed by atoms with Crippen molar-refractivity contribution in [2.24, 2.45) is 0 Å². The summed E-state index contributed by atoms with van der Waals surface area (Å²) in [5.41, 5.74) is 4.29. The molecule has 0 radical (unpaired) electrons. The Morgan fingerprint density at radius 3 is 2.17 bits per heavy atom. The first-order valence-corrected chi connectivity index (χ1v) is 7.70. The van der Waals surface area contributed by atoms with Crippen molar-refractivity contribution in [3.05, 3.63) is 77.0 Å². The number of benzene rings is 1. The summed E-state index contributed by atoms with van der Waals surface area (Å²) in [6.07, 6.45) is 3.50. The molecule has 2 heterocycles. The van der Waals surface area contributed by atoms with Crippen LogP contribution in [0.2, 0.25) is 0 Å². The van der Waals surface area contributed by atoms with Crippen molar-refractivity contribution in [2.45, 2.75) is 26.2 Å². The van der Waals surface area contributed by atoms with Gasteiger partial charge in [-0.2, -0.15) is 0 Å². The van der Waals surface area contributed by atoms with Crippen LogP contribution in [0.25, 0.3) is 22.3 Å². The lowest BCUT2D eigenvalue weighted by Gasteiger charge is -2.21. The van der Waals surface area contributed by atoms with Gasteiger partial charge >= 0.3 is 0 Å². The maximum absolute atomic E-state index is 12.8. The van der Waals surface area contributed by atoms with Gasteiger partial charge in [-0.25, -0.2) is 0 Å². The van der Waals surface area contributed by atoms with Gasteiger partial charge in [0.2, 0.25) is 0 Å². The van der Waals surface area contributed by atoms with E-state index in [4.69, 9.17) is 0 Å². The largest absolute Gasteiger partial charge is 0.325 e. The smallest absolute Gasteiger partial charge is 0.256 e. The van der Waals surface area contributed by atoms with Gasteiger partial charge in [0.15, 0.2) is 0 Å². The Labute approximate surface area is 136 Å². The molecule has 0 unspecified atom stereocenters. The van der Waals surface area contributed by atoms with Crippen molar-refractivity contribution in [1.29, 1.82) is 0 Å². The Hall–Kier alpha value is -2.68. The van der Waals surface area contributed by atoms with Gasteiger partial charge in [0.1, 0.15) is 0 Å². The van der Waals surface area contributed by atoms with Gasteiger partial charge in [0, 0.05) is 23.5 Å². The average molecular weight is 304 g/mol. The zero-order chi connectivity index (χ0) is 16.4. The van der Waals surface area contributed by atoms with E-state index in [-0.39, 0.29) is 11.0 Å². The van der Waals surface area contributed by atoms with Crippen LogP contribution < -0.4 is 5.56 Å². The lowest BCUT2D eigenvalue weighted by atomic mass is 9.87. The average Bonchev–Trinajstić information content (AvgIpc) is 2.55. The van der Waals surface area contributed by atoms with E-state index in [0.717, 1.165) is 22.4 Å². The van der Waals surface area contributed by atoms with Gasteiger partial charge in [-0.1, -0.05) is 51.1 Å². The van der Waals surface area contributed by atoms with E-state index in [1.807, 2.05) is 42.5 Å². The monoisotopic (exact) mass is 304 g/mol. The molecule has 116 valence electrons. The fourth-order valence-corrected chi connectivity index (χ4v) is 2.61. The second-order valence-corrected chi connectivity index (χ2v) is 6.65.